The average Bonchev–Trinajstić information content (AvgIpc) is 3.02. The summed E-state index contributed by atoms with van der Waals surface area (Å²) in [6.07, 6.45) is 1.38. The van der Waals surface area contributed by atoms with Crippen LogP contribution in [0.15, 0.2) is 59.5 Å². The Morgan fingerprint density at radius 1 is 1.12 bits per heavy atom. The molecule has 4 nitrogen and oxygen atoms in total. The fraction of sp³-hybridized carbons (Fsp3) is 0.278. The van der Waals surface area contributed by atoms with Crippen molar-refractivity contribution in [3.05, 3.63) is 66.0 Å². The number of halogens is 1. The molecule has 0 aliphatic carbocycles. The lowest BCUT2D eigenvalue weighted by molar-refractivity contribution is 0.0748. The van der Waals surface area contributed by atoms with E-state index < -0.39 is 15.7 Å². The van der Waals surface area contributed by atoms with Gasteiger partial charge in [-0.2, -0.15) is 0 Å². The molecule has 1 saturated heterocycles. The molecule has 3 rings (SSSR count). The van der Waals surface area contributed by atoms with Crippen molar-refractivity contribution in [1.29, 1.82) is 0 Å². The van der Waals surface area contributed by atoms with Crippen LogP contribution in [0.25, 0.3) is 0 Å². The zero-order chi connectivity index (χ0) is 17.2. The van der Waals surface area contributed by atoms with Crippen LogP contribution >= 0.6 is 0 Å². The molecule has 0 aromatic heterocycles. The lowest BCUT2D eigenvalue weighted by Crippen LogP contribution is -2.39. The predicted molar refractivity (Wildman–Crippen MR) is 89.0 cm³/mol. The Morgan fingerprint density at radius 3 is 2.58 bits per heavy atom. The number of benzene rings is 2. The zero-order valence-electron chi connectivity index (χ0n) is 13.1. The van der Waals surface area contributed by atoms with Crippen molar-refractivity contribution in [2.45, 2.75) is 23.8 Å². The van der Waals surface area contributed by atoms with Gasteiger partial charge in [-0.15, -0.1) is 0 Å². The highest BCUT2D eigenvalue weighted by molar-refractivity contribution is 7.91. The van der Waals surface area contributed by atoms with E-state index in [1.807, 2.05) is 0 Å². The number of sulfone groups is 1. The van der Waals surface area contributed by atoms with Gasteiger partial charge in [0.25, 0.3) is 5.91 Å². The molecule has 1 heterocycles. The molecule has 1 unspecified atom stereocenters. The molecule has 1 amide bonds. The molecule has 24 heavy (non-hydrogen) atoms. The summed E-state index contributed by atoms with van der Waals surface area (Å²) in [5.74, 6) is -0.910. The molecule has 1 fully saturated rings. The second kappa shape index (κ2) is 6.73. The topological polar surface area (TPSA) is 54.5 Å². The van der Waals surface area contributed by atoms with Crippen molar-refractivity contribution in [1.82, 2.24) is 4.90 Å². The van der Waals surface area contributed by atoms with Crippen molar-refractivity contribution < 1.29 is 17.6 Å². The van der Waals surface area contributed by atoms with E-state index in [0.29, 0.717) is 13.0 Å². The van der Waals surface area contributed by atoms with Crippen LogP contribution in [0.3, 0.4) is 0 Å². The van der Waals surface area contributed by atoms with E-state index in [4.69, 9.17) is 0 Å². The van der Waals surface area contributed by atoms with Gasteiger partial charge in [-0.05, 0) is 43.2 Å². The van der Waals surface area contributed by atoms with Gasteiger partial charge in [0, 0.05) is 18.2 Å². The molecular weight excluding hydrogens is 329 g/mol. The molecule has 1 atom stereocenters. The summed E-state index contributed by atoms with van der Waals surface area (Å²) in [5.41, 5.74) is 0.249. The van der Waals surface area contributed by atoms with Gasteiger partial charge in [0.2, 0.25) is 0 Å². The largest absolute Gasteiger partial charge is 0.335 e. The van der Waals surface area contributed by atoms with Gasteiger partial charge in [0.05, 0.1) is 10.6 Å². The Balaban J connectivity index is 1.80. The van der Waals surface area contributed by atoms with Gasteiger partial charge in [-0.3, -0.25) is 4.79 Å². The number of likely N-dealkylation sites (tertiary alicyclic amines) is 1. The van der Waals surface area contributed by atoms with Crippen molar-refractivity contribution >= 4 is 15.7 Å². The van der Waals surface area contributed by atoms with Gasteiger partial charge in [0.15, 0.2) is 9.84 Å². The first-order valence-corrected chi connectivity index (χ1v) is 9.47. The van der Waals surface area contributed by atoms with E-state index in [-0.39, 0.29) is 28.2 Å². The molecule has 0 saturated carbocycles. The lowest BCUT2D eigenvalue weighted by Gasteiger charge is -2.24. The minimum absolute atomic E-state index is 0.113. The summed E-state index contributed by atoms with van der Waals surface area (Å²) in [6, 6.07) is 13.3. The zero-order valence-corrected chi connectivity index (χ0v) is 13.9. The second-order valence-corrected chi connectivity index (χ2v) is 7.93. The highest BCUT2D eigenvalue weighted by Crippen LogP contribution is 2.24. The fourth-order valence-corrected chi connectivity index (χ4v) is 4.66. The molecule has 2 aromatic carbocycles. The molecule has 0 spiro atoms. The van der Waals surface area contributed by atoms with Gasteiger partial charge in [0.1, 0.15) is 5.82 Å². The smallest absolute Gasteiger partial charge is 0.254 e. The maximum atomic E-state index is 13.3. The molecule has 0 radical (unpaired) electrons. The van der Waals surface area contributed by atoms with Gasteiger partial charge < -0.3 is 4.90 Å². The molecule has 0 bridgehead atoms. The summed E-state index contributed by atoms with van der Waals surface area (Å²) < 4.78 is 38.4. The Labute approximate surface area is 140 Å². The third-order valence-corrected chi connectivity index (χ3v) is 6.04. The van der Waals surface area contributed by atoms with Crippen LogP contribution in [0.5, 0.6) is 0 Å². The Bertz CT molecular complexity index is 836. The third-order valence-electron chi connectivity index (χ3n) is 4.22. The maximum Gasteiger partial charge on any atom is 0.254 e. The monoisotopic (exact) mass is 347 g/mol. The second-order valence-electron chi connectivity index (χ2n) is 5.90. The molecule has 6 heteroatoms. The summed E-state index contributed by atoms with van der Waals surface area (Å²) in [7, 11) is -3.47. The number of hydrogen-bond donors (Lipinski definition) is 0. The van der Waals surface area contributed by atoms with Crippen LogP contribution in [0, 0.1) is 5.82 Å². The summed E-state index contributed by atoms with van der Waals surface area (Å²) >= 11 is 0. The first-order chi connectivity index (χ1) is 11.5. The first-order valence-electron chi connectivity index (χ1n) is 7.82. The van der Waals surface area contributed by atoms with E-state index in [2.05, 4.69) is 0 Å². The fourth-order valence-electron chi connectivity index (χ4n) is 3.04. The minimum atomic E-state index is -3.47. The quantitative estimate of drug-likeness (QED) is 0.854. The van der Waals surface area contributed by atoms with Crippen molar-refractivity contribution in [2.24, 2.45) is 0 Å². The molecule has 1 aliphatic rings. The van der Waals surface area contributed by atoms with Gasteiger partial charge in [-0.25, -0.2) is 12.8 Å². The van der Waals surface area contributed by atoms with Gasteiger partial charge >= 0.3 is 0 Å². The van der Waals surface area contributed by atoms with Crippen LogP contribution < -0.4 is 0 Å². The number of carbonyl (C=O) groups excluding carboxylic acids is 1. The van der Waals surface area contributed by atoms with Crippen LogP contribution in [0.2, 0.25) is 0 Å². The number of amides is 1. The summed E-state index contributed by atoms with van der Waals surface area (Å²) in [6.45, 7) is 0.490. The van der Waals surface area contributed by atoms with Gasteiger partial charge in [-0.1, -0.05) is 24.3 Å². The van der Waals surface area contributed by atoms with E-state index >= 15 is 0 Å². The average molecular weight is 347 g/mol. The molecule has 2 aromatic rings. The van der Waals surface area contributed by atoms with E-state index in [1.54, 1.807) is 41.3 Å². The van der Waals surface area contributed by atoms with Crippen LogP contribution in [0.4, 0.5) is 4.39 Å². The highest BCUT2D eigenvalue weighted by Gasteiger charge is 2.33. The molecule has 0 N–H and O–H groups in total. The summed E-state index contributed by atoms with van der Waals surface area (Å²) in [5, 5.41) is 0. The van der Waals surface area contributed by atoms with Crippen LogP contribution in [-0.4, -0.2) is 37.6 Å². The van der Waals surface area contributed by atoms with E-state index in [9.17, 15) is 17.6 Å². The SMILES string of the molecule is O=C(c1cccc(F)c1)N1CCCC1CS(=O)(=O)c1ccccc1. The van der Waals surface area contributed by atoms with Crippen LogP contribution in [0.1, 0.15) is 23.2 Å². The third kappa shape index (κ3) is 3.48. The van der Waals surface area contributed by atoms with E-state index in [0.717, 1.165) is 6.42 Å². The predicted octanol–water partition coefficient (Wildman–Crippen LogP) is 2.90. The first kappa shape index (κ1) is 16.6. The van der Waals surface area contributed by atoms with Crippen molar-refractivity contribution in [2.75, 3.05) is 12.3 Å². The number of rotatable bonds is 4. The molecular formula is C18H18FNO3S. The number of nitrogens with zero attached hydrogens (tertiary/aromatic N) is 1. The Morgan fingerprint density at radius 2 is 1.88 bits per heavy atom. The number of hydrogen-bond acceptors (Lipinski definition) is 3. The van der Waals surface area contributed by atoms with Crippen molar-refractivity contribution in [3.8, 4) is 0 Å². The maximum absolute atomic E-state index is 13.3. The van der Waals surface area contributed by atoms with Crippen molar-refractivity contribution in [3.63, 3.8) is 0 Å². The summed E-state index contributed by atoms with van der Waals surface area (Å²) in [4.78, 5) is 14.4. The number of carbonyl (C=O) groups is 1. The highest BCUT2D eigenvalue weighted by atomic mass is 32.2. The Kier molecular flexibility index (Phi) is 4.66. The Hall–Kier alpha value is -2.21. The standard InChI is InChI=1S/C18H18FNO3S/c19-15-7-4-6-14(12-15)18(21)20-11-5-8-16(20)13-24(22,23)17-9-2-1-3-10-17/h1-4,6-7,9-10,12,16H,5,8,11,13H2. The minimum Gasteiger partial charge on any atom is -0.335 e. The lowest BCUT2D eigenvalue weighted by atomic mass is 10.2. The molecule has 126 valence electrons. The normalized spacial score (nSPS) is 17.9. The van der Waals surface area contributed by atoms with E-state index in [1.165, 1.54) is 18.2 Å². The molecule has 1 aliphatic heterocycles. The van der Waals surface area contributed by atoms with Crippen LogP contribution in [-0.2, 0) is 9.84 Å².